The zero-order valence-corrected chi connectivity index (χ0v) is 17.9. The first-order chi connectivity index (χ1) is 15.5. The van der Waals surface area contributed by atoms with Crippen molar-refractivity contribution in [2.75, 3.05) is 13.1 Å². The molecule has 0 unspecified atom stereocenters. The van der Waals surface area contributed by atoms with E-state index in [-0.39, 0.29) is 13.0 Å². The number of carboxylic acids is 1. The third-order valence-electron chi connectivity index (χ3n) is 5.15. The lowest BCUT2D eigenvalue weighted by atomic mass is 10.0. The van der Waals surface area contributed by atoms with Gasteiger partial charge in [-0.1, -0.05) is 60.7 Å². The number of nitrogens with one attached hydrogen (secondary N) is 1. The van der Waals surface area contributed by atoms with Gasteiger partial charge in [0, 0.05) is 12.1 Å². The summed E-state index contributed by atoms with van der Waals surface area (Å²) in [5.41, 5.74) is 4.21. The highest BCUT2D eigenvalue weighted by Gasteiger charge is 2.11. The molecule has 0 spiro atoms. The van der Waals surface area contributed by atoms with Crippen LogP contribution in [0.1, 0.15) is 33.9 Å². The van der Waals surface area contributed by atoms with Crippen molar-refractivity contribution >= 4 is 5.97 Å². The second kappa shape index (κ2) is 12.0. The molecule has 32 heavy (non-hydrogen) atoms. The first kappa shape index (κ1) is 23.5. The molecule has 0 aliphatic rings. The average Bonchev–Trinajstić information content (AvgIpc) is 2.80. The fourth-order valence-corrected chi connectivity index (χ4v) is 3.47. The van der Waals surface area contributed by atoms with Gasteiger partial charge in [0.05, 0.1) is 19.1 Å². The topological polar surface area (TPSA) is 99.0 Å². The molecule has 1 atom stereocenters. The van der Waals surface area contributed by atoms with E-state index in [1.165, 1.54) is 0 Å². The molecule has 6 nitrogen and oxygen atoms in total. The van der Waals surface area contributed by atoms with Gasteiger partial charge in [0.15, 0.2) is 0 Å². The van der Waals surface area contributed by atoms with Gasteiger partial charge in [-0.3, -0.25) is 4.79 Å². The number of aliphatic carboxylic acids is 1. The third kappa shape index (κ3) is 7.20. The highest BCUT2D eigenvalue weighted by molar-refractivity contribution is 5.70. The zero-order chi connectivity index (χ0) is 22.8. The van der Waals surface area contributed by atoms with Crippen molar-refractivity contribution in [3.05, 3.63) is 101 Å². The maximum atomic E-state index is 10.9. The SMILES string of the molecule is O=C(O)Cc1cccc(CCNC[C@@H](O)c2ccc(OCc3ccccc3)c(CO)c2)c1. The molecular formula is C26H29NO5. The second-order valence-electron chi connectivity index (χ2n) is 7.66. The van der Waals surface area contributed by atoms with Crippen molar-refractivity contribution in [3.63, 3.8) is 0 Å². The lowest BCUT2D eigenvalue weighted by molar-refractivity contribution is -0.136. The van der Waals surface area contributed by atoms with Gasteiger partial charge in [-0.2, -0.15) is 0 Å². The maximum absolute atomic E-state index is 10.9. The molecule has 3 aromatic carbocycles. The molecule has 0 bridgehead atoms. The predicted molar refractivity (Wildman–Crippen MR) is 122 cm³/mol. The van der Waals surface area contributed by atoms with E-state index in [4.69, 9.17) is 9.84 Å². The van der Waals surface area contributed by atoms with Gasteiger partial charge < -0.3 is 25.4 Å². The number of carboxylic acid groups (broad SMARTS) is 1. The van der Waals surface area contributed by atoms with Crippen LogP contribution >= 0.6 is 0 Å². The summed E-state index contributed by atoms with van der Waals surface area (Å²) in [7, 11) is 0. The summed E-state index contributed by atoms with van der Waals surface area (Å²) in [6.07, 6.45) is 0.0221. The Bertz CT molecular complexity index is 1010. The molecule has 168 valence electrons. The number of aliphatic hydroxyl groups is 2. The highest BCUT2D eigenvalue weighted by Crippen LogP contribution is 2.24. The van der Waals surface area contributed by atoms with Crippen LogP contribution in [0.15, 0.2) is 72.8 Å². The number of benzene rings is 3. The van der Waals surface area contributed by atoms with Crippen molar-refractivity contribution in [3.8, 4) is 5.75 Å². The summed E-state index contributed by atoms with van der Waals surface area (Å²) in [4.78, 5) is 10.9. The van der Waals surface area contributed by atoms with Gasteiger partial charge in [-0.05, 0) is 47.4 Å². The summed E-state index contributed by atoms with van der Waals surface area (Å²) in [6.45, 7) is 1.25. The predicted octanol–water partition coefficient (Wildman–Crippen LogP) is 3.25. The van der Waals surface area contributed by atoms with E-state index in [2.05, 4.69) is 5.32 Å². The molecule has 0 saturated carbocycles. The summed E-state index contributed by atoms with van der Waals surface area (Å²) in [6, 6.07) is 22.7. The molecule has 4 N–H and O–H groups in total. The fourth-order valence-electron chi connectivity index (χ4n) is 3.47. The molecule has 0 aromatic heterocycles. The van der Waals surface area contributed by atoms with Crippen molar-refractivity contribution < 1.29 is 24.9 Å². The van der Waals surface area contributed by atoms with Gasteiger partial charge in [-0.15, -0.1) is 0 Å². The molecule has 3 rings (SSSR count). The van der Waals surface area contributed by atoms with Crippen LogP contribution in [-0.4, -0.2) is 34.4 Å². The van der Waals surface area contributed by atoms with Crippen molar-refractivity contribution in [1.29, 1.82) is 0 Å². The van der Waals surface area contributed by atoms with Crippen LogP contribution in [-0.2, 0) is 30.8 Å². The largest absolute Gasteiger partial charge is 0.489 e. The number of rotatable bonds is 12. The van der Waals surface area contributed by atoms with Crippen LogP contribution in [0.3, 0.4) is 0 Å². The maximum Gasteiger partial charge on any atom is 0.307 e. The molecule has 0 aliphatic carbocycles. The van der Waals surface area contributed by atoms with Gasteiger partial charge in [0.2, 0.25) is 0 Å². The minimum atomic E-state index is -0.845. The minimum Gasteiger partial charge on any atom is -0.489 e. The number of hydrogen-bond donors (Lipinski definition) is 4. The van der Waals surface area contributed by atoms with Crippen molar-refractivity contribution in [2.24, 2.45) is 0 Å². The summed E-state index contributed by atoms with van der Waals surface area (Å²) >= 11 is 0. The minimum absolute atomic E-state index is 0.0121. The number of aliphatic hydroxyl groups excluding tert-OH is 2. The standard InChI is InChI=1S/C26H29NO5/c28-17-23-15-22(9-10-25(23)32-18-20-5-2-1-3-6-20)24(29)16-27-12-11-19-7-4-8-21(13-19)14-26(30)31/h1-10,13,15,24,27-29H,11-12,14,16-18H2,(H,30,31)/t24-/m1/s1. The Kier molecular flexibility index (Phi) is 8.80. The molecule has 0 radical (unpaired) electrons. The third-order valence-corrected chi connectivity index (χ3v) is 5.15. The first-order valence-electron chi connectivity index (χ1n) is 10.6. The van der Waals surface area contributed by atoms with E-state index < -0.39 is 12.1 Å². The smallest absolute Gasteiger partial charge is 0.307 e. The molecule has 0 fully saturated rings. The van der Waals surface area contributed by atoms with Crippen LogP contribution < -0.4 is 10.1 Å². The summed E-state index contributed by atoms with van der Waals surface area (Å²) in [5.74, 6) is -0.247. The van der Waals surface area contributed by atoms with Crippen LogP contribution in [0.5, 0.6) is 5.75 Å². The summed E-state index contributed by atoms with van der Waals surface area (Å²) < 4.78 is 5.84. The van der Waals surface area contributed by atoms with Crippen molar-refractivity contribution in [1.82, 2.24) is 5.32 Å². The number of hydrogen-bond acceptors (Lipinski definition) is 5. The average molecular weight is 436 g/mol. The lowest BCUT2D eigenvalue weighted by Crippen LogP contribution is -2.24. The van der Waals surface area contributed by atoms with E-state index >= 15 is 0 Å². The highest BCUT2D eigenvalue weighted by atomic mass is 16.5. The monoisotopic (exact) mass is 435 g/mol. The van der Waals surface area contributed by atoms with Gasteiger partial charge >= 0.3 is 5.97 Å². The number of carbonyl (C=O) groups is 1. The normalized spacial score (nSPS) is 11.8. The van der Waals surface area contributed by atoms with E-state index in [9.17, 15) is 15.0 Å². The molecular weight excluding hydrogens is 406 g/mol. The van der Waals surface area contributed by atoms with E-state index in [0.717, 1.165) is 23.1 Å². The molecule has 3 aromatic rings. The Hall–Kier alpha value is -3.19. The molecule has 0 aliphatic heterocycles. The Morgan fingerprint density at radius 2 is 1.69 bits per heavy atom. The van der Waals surface area contributed by atoms with E-state index in [1.54, 1.807) is 24.3 Å². The van der Waals surface area contributed by atoms with Crippen molar-refractivity contribution in [2.45, 2.75) is 32.2 Å². The Labute approximate surface area is 188 Å². The van der Waals surface area contributed by atoms with Gasteiger partial charge in [0.1, 0.15) is 12.4 Å². The lowest BCUT2D eigenvalue weighted by Gasteiger charge is -2.16. The van der Waals surface area contributed by atoms with Crippen LogP contribution in [0.4, 0.5) is 0 Å². The molecule has 0 heterocycles. The Morgan fingerprint density at radius 1 is 0.938 bits per heavy atom. The quantitative estimate of drug-likeness (QED) is 0.326. The van der Waals surface area contributed by atoms with Crippen LogP contribution in [0.2, 0.25) is 0 Å². The molecule has 0 saturated heterocycles. The van der Waals surface area contributed by atoms with Gasteiger partial charge in [0.25, 0.3) is 0 Å². The van der Waals surface area contributed by atoms with Crippen LogP contribution in [0, 0.1) is 0 Å². The Morgan fingerprint density at radius 3 is 2.44 bits per heavy atom. The first-order valence-corrected chi connectivity index (χ1v) is 10.6. The fraction of sp³-hybridized carbons (Fsp3) is 0.269. The van der Waals surface area contributed by atoms with E-state index in [1.807, 2.05) is 48.5 Å². The van der Waals surface area contributed by atoms with Crippen LogP contribution in [0.25, 0.3) is 0 Å². The second-order valence-corrected chi connectivity index (χ2v) is 7.66. The molecule has 0 amide bonds. The Balaban J connectivity index is 1.49. The zero-order valence-electron chi connectivity index (χ0n) is 17.9. The van der Waals surface area contributed by atoms with E-state index in [0.29, 0.717) is 36.6 Å². The number of ether oxygens (including phenoxy) is 1. The summed E-state index contributed by atoms with van der Waals surface area (Å²) in [5, 5.41) is 32.4. The van der Waals surface area contributed by atoms with Gasteiger partial charge in [-0.25, -0.2) is 0 Å². The molecule has 6 heteroatoms.